The van der Waals surface area contributed by atoms with E-state index in [9.17, 15) is 13.2 Å². The summed E-state index contributed by atoms with van der Waals surface area (Å²) in [5.74, 6) is -1.45. The molecule has 2 aromatic heterocycles. The minimum Gasteiger partial charge on any atom is -0.445 e. The van der Waals surface area contributed by atoms with Crippen LogP contribution in [0, 0.1) is 5.82 Å². The van der Waals surface area contributed by atoms with E-state index in [0.717, 1.165) is 24.6 Å². The van der Waals surface area contributed by atoms with Gasteiger partial charge < -0.3 is 15.8 Å². The van der Waals surface area contributed by atoms with Crippen LogP contribution in [0.15, 0.2) is 30.6 Å². The molecule has 1 aromatic carbocycles. The Morgan fingerprint density at radius 3 is 2.83 bits per heavy atom. The van der Waals surface area contributed by atoms with E-state index in [1.54, 1.807) is 0 Å². The number of amides is 1. The number of ether oxygens (including phenoxy) is 1. The number of nitrogens with zero attached hydrogens (tertiary/aromatic N) is 4. The number of carbonyl (C=O) groups excluding carboxylic acids is 1. The molecular formula is C22H27ClFN7O4S. The number of carbonyl (C=O) groups is 1. The quantitative estimate of drug-likeness (QED) is 0.342. The maximum absolute atomic E-state index is 15.8. The molecule has 3 aromatic rings. The Bertz CT molecular complexity index is 1700. The zero-order valence-electron chi connectivity index (χ0n) is 28.5. The highest BCUT2D eigenvalue weighted by molar-refractivity contribution is 7.92. The average molecular weight is 550 g/mol. The van der Waals surface area contributed by atoms with Crippen LogP contribution >= 0.6 is 11.6 Å². The molecule has 0 bridgehead atoms. The topological polar surface area (TPSA) is 154 Å². The fourth-order valence-electron chi connectivity index (χ4n) is 3.03. The van der Waals surface area contributed by atoms with Crippen molar-refractivity contribution in [2.75, 3.05) is 22.8 Å². The van der Waals surface area contributed by atoms with E-state index < -0.39 is 78.0 Å². The average Bonchev–Trinajstić information content (AvgIpc) is 3.31. The van der Waals surface area contributed by atoms with Gasteiger partial charge in [-0.25, -0.2) is 27.6 Å². The second-order valence-electron chi connectivity index (χ2n) is 7.28. The highest BCUT2D eigenvalue weighted by Crippen LogP contribution is 2.37. The standard InChI is InChI=1S/C22H27ClFN7O4S/c1-5-14(35-21(25)32)10-27-22-26-7-6-17(28-22)16-11-31(12(2)3)29-20(16)15-8-13(23)9-18(19(15)24)30-36(4,33)34/h6-9,11-12,14,30H,5,10H2,1-4H3,(H2,25,32)(H,26,27,28)/t14-/m0/s1/i1D3,2D3,3D3,12D. The second-order valence-corrected chi connectivity index (χ2v) is 9.47. The molecule has 0 radical (unpaired) electrons. The number of sulfonamides is 1. The van der Waals surface area contributed by atoms with E-state index >= 15 is 4.39 Å². The number of halogens is 2. The smallest absolute Gasteiger partial charge is 0.404 e. The number of benzene rings is 1. The van der Waals surface area contributed by atoms with Gasteiger partial charge in [0.2, 0.25) is 16.0 Å². The minimum absolute atomic E-state index is 0.141. The molecule has 194 valence electrons. The van der Waals surface area contributed by atoms with Crippen LogP contribution in [0.1, 0.15) is 46.7 Å². The van der Waals surface area contributed by atoms with Gasteiger partial charge in [-0.05, 0) is 38.3 Å². The van der Waals surface area contributed by atoms with Gasteiger partial charge >= 0.3 is 6.09 Å². The fraction of sp³-hybridized carbons (Fsp3) is 0.364. The SMILES string of the molecule is [2H]C([2H])([2H])C[C@@H](CNc1nccc(-c2cn(C([2H])(C([2H])([2H])[2H])C([2H])([2H])[2H])nc2-c2cc(Cl)cc(NS(C)(=O)=O)c2F)n1)OC(N)=O. The summed E-state index contributed by atoms with van der Waals surface area (Å²) >= 11 is 6.15. The van der Waals surface area contributed by atoms with Gasteiger partial charge in [0.1, 0.15) is 11.8 Å². The van der Waals surface area contributed by atoms with E-state index in [1.165, 1.54) is 12.3 Å². The molecule has 36 heavy (non-hydrogen) atoms. The van der Waals surface area contributed by atoms with Crippen molar-refractivity contribution in [3.63, 3.8) is 0 Å². The van der Waals surface area contributed by atoms with Crippen molar-refractivity contribution in [1.29, 1.82) is 0 Å². The summed E-state index contributed by atoms with van der Waals surface area (Å²) in [6, 6.07) is -0.199. The van der Waals surface area contributed by atoms with Crippen LogP contribution in [-0.4, -0.2) is 53.2 Å². The van der Waals surface area contributed by atoms with Crippen molar-refractivity contribution < 1.29 is 36.0 Å². The van der Waals surface area contributed by atoms with Crippen molar-refractivity contribution in [3.05, 3.63) is 41.4 Å². The number of aromatic nitrogens is 4. The third-order valence-electron chi connectivity index (χ3n) is 4.46. The van der Waals surface area contributed by atoms with Gasteiger partial charge in [0.05, 0.1) is 25.6 Å². The van der Waals surface area contributed by atoms with Gasteiger partial charge in [-0.15, -0.1) is 0 Å². The summed E-state index contributed by atoms with van der Waals surface area (Å²) in [4.78, 5) is 19.5. The number of nitrogens with two attached hydrogens (primary N) is 1. The molecule has 0 aliphatic heterocycles. The number of anilines is 2. The van der Waals surface area contributed by atoms with Crippen molar-refractivity contribution in [1.82, 2.24) is 19.7 Å². The Hall–Kier alpha value is -3.45. The molecule has 4 N–H and O–H groups in total. The maximum Gasteiger partial charge on any atom is 0.404 e. The first-order chi connectivity index (χ1) is 20.8. The van der Waals surface area contributed by atoms with Crippen molar-refractivity contribution in [3.8, 4) is 22.5 Å². The molecule has 0 saturated carbocycles. The maximum atomic E-state index is 15.8. The first-order valence-electron chi connectivity index (χ1n) is 14.9. The third-order valence-corrected chi connectivity index (χ3v) is 5.27. The van der Waals surface area contributed by atoms with Crippen LogP contribution < -0.4 is 15.8 Å². The summed E-state index contributed by atoms with van der Waals surface area (Å²) in [6.45, 7) is -9.86. The summed E-state index contributed by atoms with van der Waals surface area (Å²) in [5.41, 5.74) is 3.03. The zero-order valence-corrected chi connectivity index (χ0v) is 20.1. The second kappa shape index (κ2) is 11.1. The summed E-state index contributed by atoms with van der Waals surface area (Å²) < 4.78 is 125. The highest BCUT2D eigenvalue weighted by atomic mass is 35.5. The van der Waals surface area contributed by atoms with Crippen LogP contribution in [0.4, 0.5) is 20.8 Å². The number of hydrogen-bond donors (Lipinski definition) is 3. The van der Waals surface area contributed by atoms with E-state index in [-0.39, 0.29) is 28.8 Å². The Labute approximate surface area is 227 Å². The Morgan fingerprint density at radius 2 is 2.17 bits per heavy atom. The van der Waals surface area contributed by atoms with E-state index in [1.807, 2.05) is 4.72 Å². The first-order valence-corrected chi connectivity index (χ1v) is 12.2. The highest BCUT2D eigenvalue weighted by Gasteiger charge is 2.22. The van der Waals surface area contributed by atoms with Gasteiger partial charge in [-0.3, -0.25) is 9.40 Å². The Kier molecular flexibility index (Phi) is 5.02. The van der Waals surface area contributed by atoms with Gasteiger partial charge in [-0.1, -0.05) is 18.5 Å². The number of rotatable bonds is 10. The van der Waals surface area contributed by atoms with Crippen LogP contribution in [-0.2, 0) is 14.8 Å². The minimum atomic E-state index is -4.03. The molecule has 0 aliphatic rings. The molecular weight excluding hydrogens is 513 g/mol. The number of hydrogen-bond acceptors (Lipinski definition) is 8. The lowest BCUT2D eigenvalue weighted by molar-refractivity contribution is 0.110. The van der Waals surface area contributed by atoms with E-state index in [0.29, 0.717) is 4.68 Å². The fourth-order valence-corrected chi connectivity index (χ4v) is 3.80. The van der Waals surface area contributed by atoms with Gasteiger partial charge in [0.25, 0.3) is 0 Å². The molecule has 0 saturated heterocycles. The predicted molar refractivity (Wildman–Crippen MR) is 136 cm³/mol. The molecule has 0 fully saturated rings. The molecule has 0 spiro atoms. The lowest BCUT2D eigenvalue weighted by Crippen LogP contribution is -2.28. The summed E-state index contributed by atoms with van der Waals surface area (Å²) in [6.07, 6.45) is -0.317. The zero-order chi connectivity index (χ0) is 35.0. The molecule has 1 amide bonds. The molecule has 14 heteroatoms. The van der Waals surface area contributed by atoms with E-state index in [4.69, 9.17) is 35.8 Å². The van der Waals surface area contributed by atoms with Crippen LogP contribution in [0.5, 0.6) is 0 Å². The predicted octanol–water partition coefficient (Wildman–Crippen LogP) is 4.04. The Morgan fingerprint density at radius 1 is 1.39 bits per heavy atom. The molecule has 1 atom stereocenters. The largest absolute Gasteiger partial charge is 0.445 e. The molecule has 0 aliphatic carbocycles. The third kappa shape index (κ3) is 6.82. The molecule has 2 heterocycles. The van der Waals surface area contributed by atoms with Crippen LogP contribution in [0.25, 0.3) is 22.5 Å². The monoisotopic (exact) mass is 549 g/mol. The normalized spacial score (nSPS) is 17.9. The lowest BCUT2D eigenvalue weighted by Gasteiger charge is -2.15. The first kappa shape index (κ1) is 16.3. The van der Waals surface area contributed by atoms with Crippen molar-refractivity contribution >= 4 is 39.4 Å². The lowest BCUT2D eigenvalue weighted by atomic mass is 10.0. The van der Waals surface area contributed by atoms with Gasteiger partial charge in [0.15, 0.2) is 5.82 Å². The molecule has 0 unspecified atom stereocenters. The number of nitrogens with one attached hydrogen (secondary N) is 2. The Balaban J connectivity index is 2.24. The van der Waals surface area contributed by atoms with Gasteiger partial charge in [0, 0.05) is 46.9 Å². The van der Waals surface area contributed by atoms with Crippen molar-refractivity contribution in [2.45, 2.75) is 39.1 Å². The number of primary amides is 1. The van der Waals surface area contributed by atoms with Crippen LogP contribution in [0.3, 0.4) is 0 Å². The van der Waals surface area contributed by atoms with Gasteiger partial charge in [-0.2, -0.15) is 5.10 Å². The molecule has 11 nitrogen and oxygen atoms in total. The van der Waals surface area contributed by atoms with E-state index in [2.05, 4.69) is 20.4 Å². The van der Waals surface area contributed by atoms with Crippen LogP contribution in [0.2, 0.25) is 5.02 Å². The summed E-state index contributed by atoms with van der Waals surface area (Å²) in [7, 11) is -4.03. The van der Waals surface area contributed by atoms with Crippen molar-refractivity contribution in [2.24, 2.45) is 5.73 Å². The summed E-state index contributed by atoms with van der Waals surface area (Å²) in [5, 5.41) is 6.46. The molecule has 3 rings (SSSR count).